The molecule has 1 heterocycles. The second-order valence-electron chi connectivity index (χ2n) is 7.06. The van der Waals surface area contributed by atoms with Crippen molar-refractivity contribution in [1.82, 2.24) is 0 Å². The van der Waals surface area contributed by atoms with E-state index in [1.807, 2.05) is 94.5 Å². The summed E-state index contributed by atoms with van der Waals surface area (Å²) in [6, 6.07) is 27.3. The van der Waals surface area contributed by atoms with Crippen LogP contribution in [0.4, 0.5) is 0 Å². The average Bonchev–Trinajstić information content (AvgIpc) is 3.29. The van der Waals surface area contributed by atoms with Gasteiger partial charge in [0.2, 0.25) is 0 Å². The maximum absolute atomic E-state index is 9.55. The topological polar surface area (TPSA) is 40.5 Å². The number of fused-ring (bicyclic) bond motifs is 2. The van der Waals surface area contributed by atoms with Crippen molar-refractivity contribution in [2.75, 3.05) is 0 Å². The van der Waals surface area contributed by atoms with Crippen molar-refractivity contribution in [3.8, 4) is 11.5 Å². The van der Waals surface area contributed by atoms with Crippen molar-refractivity contribution >= 4 is 62.0 Å². The van der Waals surface area contributed by atoms with E-state index in [-0.39, 0.29) is 24.8 Å². The molecule has 2 N–H and O–H groups in total. The van der Waals surface area contributed by atoms with Crippen molar-refractivity contribution in [2.45, 2.75) is 13.8 Å². The number of thiophene rings is 1. The third-order valence-corrected chi connectivity index (χ3v) is 6.50. The molecule has 0 spiro atoms. The Bertz CT molecular complexity index is 1150. The number of halogens is 2. The Morgan fingerprint density at radius 1 is 0.636 bits per heavy atom. The molecular weight excluding hydrogens is 507 g/mol. The van der Waals surface area contributed by atoms with E-state index in [0.29, 0.717) is 11.5 Å². The molecule has 0 aliphatic rings. The Morgan fingerprint density at radius 2 is 1.06 bits per heavy atom. The fraction of sp³-hybridized carbons (Fsp3) is 0.0741. The first-order chi connectivity index (χ1) is 15.0. The first kappa shape index (κ1) is 28.9. The molecule has 0 radical (unpaired) electrons. The van der Waals surface area contributed by atoms with Crippen molar-refractivity contribution in [3.63, 3.8) is 0 Å². The maximum atomic E-state index is 9.55. The van der Waals surface area contributed by atoms with Gasteiger partial charge in [-0.05, 0) is 47.9 Å². The Morgan fingerprint density at radius 3 is 1.36 bits per heavy atom. The SMILES string of the molecule is Cc1cccc2cccc(O)c12.Cc1cccc2cccc(O)c12.Cl.Cl.[Ti]=[CH]c1cccs1. The van der Waals surface area contributed by atoms with Crippen LogP contribution in [0.5, 0.6) is 11.5 Å². The molecule has 33 heavy (non-hydrogen) atoms. The Labute approximate surface area is 222 Å². The average molecular weight is 533 g/mol. The summed E-state index contributed by atoms with van der Waals surface area (Å²) >= 11 is 3.81. The van der Waals surface area contributed by atoms with Crippen molar-refractivity contribution in [3.05, 3.63) is 106 Å². The molecule has 0 aliphatic carbocycles. The molecule has 0 atom stereocenters. The Balaban J connectivity index is 0.000000249. The number of aromatic hydroxyl groups is 2. The van der Waals surface area contributed by atoms with Gasteiger partial charge in [-0.2, -0.15) is 0 Å². The zero-order valence-electron chi connectivity index (χ0n) is 18.4. The fourth-order valence-electron chi connectivity index (χ4n) is 3.38. The number of aryl methyl sites for hydroxylation is 2. The van der Waals surface area contributed by atoms with Crippen molar-refractivity contribution < 1.29 is 30.2 Å². The van der Waals surface area contributed by atoms with E-state index in [9.17, 15) is 10.2 Å². The van der Waals surface area contributed by atoms with Crippen LogP contribution < -0.4 is 0 Å². The molecule has 6 heteroatoms. The molecular formula is C27H26Cl2O2STi. The van der Waals surface area contributed by atoms with Gasteiger partial charge in [0, 0.05) is 10.8 Å². The van der Waals surface area contributed by atoms with Crippen LogP contribution in [0.1, 0.15) is 16.0 Å². The minimum atomic E-state index is 0. The van der Waals surface area contributed by atoms with Crippen LogP contribution in [0.25, 0.3) is 21.5 Å². The van der Waals surface area contributed by atoms with Gasteiger partial charge in [-0.3, -0.25) is 0 Å². The van der Waals surface area contributed by atoms with Gasteiger partial charge in [0.05, 0.1) is 0 Å². The van der Waals surface area contributed by atoms with Gasteiger partial charge >= 0.3 is 58.0 Å². The van der Waals surface area contributed by atoms with Gasteiger partial charge < -0.3 is 10.2 Å². The molecule has 5 aromatic rings. The third kappa shape index (κ3) is 7.70. The summed E-state index contributed by atoms with van der Waals surface area (Å²) in [5.41, 5.74) is 2.23. The van der Waals surface area contributed by atoms with E-state index in [1.165, 1.54) is 4.88 Å². The molecule has 0 bridgehead atoms. The predicted octanol–water partition coefficient (Wildman–Crippen LogP) is 8.00. The Kier molecular flexibility index (Phi) is 12.4. The second kappa shape index (κ2) is 14.2. The van der Waals surface area contributed by atoms with E-state index in [4.69, 9.17) is 0 Å². The Hall–Kier alpha value is -2.14. The van der Waals surface area contributed by atoms with Crippen LogP contribution in [0, 0.1) is 13.8 Å². The first-order valence-electron chi connectivity index (χ1n) is 9.90. The van der Waals surface area contributed by atoms with Gasteiger partial charge in [0.1, 0.15) is 11.5 Å². The van der Waals surface area contributed by atoms with Crippen molar-refractivity contribution in [2.24, 2.45) is 0 Å². The molecule has 0 fully saturated rings. The van der Waals surface area contributed by atoms with Crippen LogP contribution in [-0.2, 0) is 20.0 Å². The van der Waals surface area contributed by atoms with Crippen LogP contribution in [-0.4, -0.2) is 14.5 Å². The fourth-order valence-corrected chi connectivity index (χ4v) is 4.39. The molecule has 4 aromatic carbocycles. The van der Waals surface area contributed by atoms with E-state index >= 15 is 0 Å². The van der Waals surface area contributed by atoms with Crippen LogP contribution in [0.3, 0.4) is 0 Å². The summed E-state index contributed by atoms with van der Waals surface area (Å²) < 4.78 is 2.10. The summed E-state index contributed by atoms with van der Waals surface area (Å²) in [4.78, 5) is 1.35. The molecule has 0 saturated heterocycles. The minimum absolute atomic E-state index is 0. The standard InChI is InChI=1S/2C11H10O.C5H4S.2ClH.Ti/c2*1-8-4-2-5-9-6-3-7-10(12)11(8)9;1-5-3-2-4-6-5;;;/h2*2-7,12H,1H3;1-4H;2*1H;. The van der Waals surface area contributed by atoms with E-state index in [1.54, 1.807) is 23.5 Å². The van der Waals surface area contributed by atoms with Gasteiger partial charge in [0.15, 0.2) is 0 Å². The molecule has 5 rings (SSSR count). The van der Waals surface area contributed by atoms with Gasteiger partial charge in [-0.1, -0.05) is 60.7 Å². The zero-order chi connectivity index (χ0) is 22.2. The number of hydrogen-bond donors (Lipinski definition) is 2. The molecule has 0 unspecified atom stereocenters. The summed E-state index contributed by atoms with van der Waals surface area (Å²) in [5.74, 6) is 0.733. The molecule has 0 aliphatic heterocycles. The summed E-state index contributed by atoms with van der Waals surface area (Å²) in [6.07, 6.45) is 0. The van der Waals surface area contributed by atoms with Crippen LogP contribution in [0.2, 0.25) is 0 Å². The number of hydrogen-bond acceptors (Lipinski definition) is 3. The van der Waals surface area contributed by atoms with E-state index in [0.717, 1.165) is 32.7 Å². The van der Waals surface area contributed by atoms with Crippen LogP contribution >= 0.6 is 36.2 Å². The number of rotatable bonds is 1. The summed E-state index contributed by atoms with van der Waals surface area (Å²) in [7, 11) is 0. The number of benzene rings is 4. The molecule has 170 valence electrons. The quantitative estimate of drug-likeness (QED) is 0.215. The zero-order valence-corrected chi connectivity index (χ0v) is 22.4. The summed E-state index contributed by atoms with van der Waals surface area (Å²) in [5, 5.41) is 25.3. The normalized spacial score (nSPS) is 9.36. The van der Waals surface area contributed by atoms with Gasteiger partial charge in [-0.15, -0.1) is 24.8 Å². The molecule has 2 nitrogen and oxygen atoms in total. The molecule has 1 aromatic heterocycles. The second-order valence-corrected chi connectivity index (χ2v) is 8.49. The summed E-state index contributed by atoms with van der Waals surface area (Å²) in [6.45, 7) is 4.00. The van der Waals surface area contributed by atoms with Crippen LogP contribution in [0.15, 0.2) is 90.3 Å². The van der Waals surface area contributed by atoms with Gasteiger partial charge in [0.25, 0.3) is 0 Å². The van der Waals surface area contributed by atoms with Gasteiger partial charge in [-0.25, -0.2) is 0 Å². The molecule has 0 amide bonds. The third-order valence-electron chi connectivity index (χ3n) is 4.87. The van der Waals surface area contributed by atoms with E-state index in [2.05, 4.69) is 21.8 Å². The first-order valence-corrected chi connectivity index (χ1v) is 11.7. The van der Waals surface area contributed by atoms with Crippen molar-refractivity contribution in [1.29, 1.82) is 0 Å². The number of phenolic OH excluding ortho intramolecular Hbond substituents is 2. The van der Waals surface area contributed by atoms with E-state index < -0.39 is 0 Å². The molecule has 0 saturated carbocycles. The predicted molar refractivity (Wildman–Crippen MR) is 145 cm³/mol. The monoisotopic (exact) mass is 532 g/mol. The number of phenols is 2.